The van der Waals surface area contributed by atoms with Crippen molar-refractivity contribution in [2.45, 2.75) is 0 Å². The van der Waals surface area contributed by atoms with Crippen LogP contribution in [0.2, 0.25) is 5.15 Å². The Kier molecular flexibility index (Phi) is 4.37. The van der Waals surface area contributed by atoms with Gasteiger partial charge in [0.1, 0.15) is 11.6 Å². The third kappa shape index (κ3) is 3.27. The molecule has 2 heterocycles. The Balaban J connectivity index is 1.70. The number of nitrogens with zero attached hydrogens (tertiary/aromatic N) is 4. The summed E-state index contributed by atoms with van der Waals surface area (Å²) in [5.41, 5.74) is 2.28. The van der Waals surface area contributed by atoms with Crippen molar-refractivity contribution in [1.82, 2.24) is 9.97 Å². The third-order valence-electron chi connectivity index (χ3n) is 3.36. The molecular formula is C15H14ClN5O. The van der Waals surface area contributed by atoms with E-state index in [1.165, 1.54) is 6.20 Å². The second kappa shape index (κ2) is 6.60. The number of benzene rings is 1. The molecule has 0 radical (unpaired) electrons. The van der Waals surface area contributed by atoms with Gasteiger partial charge in [-0.15, -0.1) is 0 Å². The van der Waals surface area contributed by atoms with Crippen molar-refractivity contribution >= 4 is 28.9 Å². The highest BCUT2D eigenvalue weighted by atomic mass is 35.5. The van der Waals surface area contributed by atoms with Gasteiger partial charge in [-0.2, -0.15) is 10.2 Å². The first-order chi connectivity index (χ1) is 10.8. The van der Waals surface area contributed by atoms with Crippen LogP contribution >= 0.6 is 11.6 Å². The van der Waals surface area contributed by atoms with Crippen LogP contribution in [0.25, 0.3) is 0 Å². The number of ether oxygens (including phenoxy) is 1. The van der Waals surface area contributed by atoms with E-state index in [0.717, 1.165) is 37.7 Å². The number of hydrogen-bond acceptors (Lipinski definition) is 6. The lowest BCUT2D eigenvalue weighted by Crippen LogP contribution is -2.36. The average molecular weight is 316 g/mol. The van der Waals surface area contributed by atoms with Crippen LogP contribution in [-0.2, 0) is 4.74 Å². The normalized spacial score (nSPS) is 14.5. The van der Waals surface area contributed by atoms with Gasteiger partial charge in [-0.1, -0.05) is 11.6 Å². The van der Waals surface area contributed by atoms with E-state index in [2.05, 4.69) is 20.2 Å². The fourth-order valence-corrected chi connectivity index (χ4v) is 2.37. The predicted molar refractivity (Wildman–Crippen MR) is 84.5 cm³/mol. The monoisotopic (exact) mass is 315 g/mol. The van der Waals surface area contributed by atoms with Gasteiger partial charge in [0.15, 0.2) is 5.15 Å². The molecule has 0 bridgehead atoms. The van der Waals surface area contributed by atoms with Gasteiger partial charge in [-0.3, -0.25) is 0 Å². The zero-order chi connectivity index (χ0) is 15.4. The molecule has 112 valence electrons. The van der Waals surface area contributed by atoms with Crippen LogP contribution in [0, 0.1) is 11.3 Å². The molecule has 1 saturated heterocycles. The van der Waals surface area contributed by atoms with Gasteiger partial charge in [-0.25, -0.2) is 4.98 Å². The van der Waals surface area contributed by atoms with Gasteiger partial charge < -0.3 is 15.0 Å². The molecule has 0 spiro atoms. The second-order valence-corrected chi connectivity index (χ2v) is 5.14. The maximum atomic E-state index is 8.81. The summed E-state index contributed by atoms with van der Waals surface area (Å²) in [4.78, 5) is 10.4. The molecule has 2 aromatic rings. The summed E-state index contributed by atoms with van der Waals surface area (Å²) in [6.45, 7) is 3.33. The van der Waals surface area contributed by atoms with Crippen molar-refractivity contribution in [1.29, 1.82) is 5.26 Å². The first kappa shape index (κ1) is 14.6. The van der Waals surface area contributed by atoms with Crippen LogP contribution in [0.3, 0.4) is 0 Å². The zero-order valence-corrected chi connectivity index (χ0v) is 12.5. The van der Waals surface area contributed by atoms with Crippen molar-refractivity contribution in [3.8, 4) is 6.07 Å². The summed E-state index contributed by atoms with van der Waals surface area (Å²) in [6, 6.07) is 9.93. The summed E-state index contributed by atoms with van der Waals surface area (Å²) in [7, 11) is 0. The summed E-state index contributed by atoms with van der Waals surface area (Å²) >= 11 is 5.89. The van der Waals surface area contributed by atoms with Crippen molar-refractivity contribution < 1.29 is 4.74 Å². The molecule has 0 unspecified atom stereocenters. The Morgan fingerprint density at radius 2 is 1.95 bits per heavy atom. The van der Waals surface area contributed by atoms with Gasteiger partial charge in [0.2, 0.25) is 5.95 Å². The predicted octanol–water partition coefficient (Wildman–Crippen LogP) is 2.58. The van der Waals surface area contributed by atoms with Gasteiger partial charge in [-0.05, 0) is 24.3 Å². The number of morpholine rings is 1. The Morgan fingerprint density at radius 3 is 2.59 bits per heavy atom. The van der Waals surface area contributed by atoms with E-state index in [-0.39, 0.29) is 10.7 Å². The highest BCUT2D eigenvalue weighted by Crippen LogP contribution is 2.21. The Bertz CT molecular complexity index is 692. The summed E-state index contributed by atoms with van der Waals surface area (Å²) in [5.74, 6) is 0.364. The number of nitrogens with one attached hydrogen (secondary N) is 1. The largest absolute Gasteiger partial charge is 0.378 e. The Hall–Kier alpha value is -2.36. The molecule has 0 amide bonds. The van der Waals surface area contributed by atoms with Crippen molar-refractivity contribution in [2.24, 2.45) is 0 Å². The van der Waals surface area contributed by atoms with Crippen LogP contribution in [0.15, 0.2) is 30.5 Å². The minimum atomic E-state index is 0.143. The summed E-state index contributed by atoms with van der Waals surface area (Å²) in [6.07, 6.45) is 1.40. The van der Waals surface area contributed by atoms with Crippen LogP contribution in [0.1, 0.15) is 5.56 Å². The molecule has 1 fully saturated rings. The lowest BCUT2D eigenvalue weighted by atomic mass is 10.2. The summed E-state index contributed by atoms with van der Waals surface area (Å²) in [5, 5.41) is 12.0. The Labute approximate surface area is 133 Å². The molecule has 1 N–H and O–H groups in total. The van der Waals surface area contributed by atoms with Gasteiger partial charge in [0, 0.05) is 24.5 Å². The van der Waals surface area contributed by atoms with Crippen LogP contribution in [-0.4, -0.2) is 36.3 Å². The topological polar surface area (TPSA) is 74.1 Å². The molecule has 7 heteroatoms. The van der Waals surface area contributed by atoms with E-state index in [9.17, 15) is 0 Å². The molecule has 0 saturated carbocycles. The molecule has 3 rings (SSSR count). The molecular weight excluding hydrogens is 302 g/mol. The molecule has 1 aromatic heterocycles. The lowest BCUT2D eigenvalue weighted by molar-refractivity contribution is 0.122. The number of halogens is 1. The fraction of sp³-hybridized carbons (Fsp3) is 0.267. The third-order valence-corrected chi connectivity index (χ3v) is 3.65. The van der Waals surface area contributed by atoms with Crippen LogP contribution in [0.5, 0.6) is 0 Å². The standard InChI is InChI=1S/C15H14ClN5O/c16-14-11(9-17)10-18-15(20-14)19-12-1-3-13(4-2-12)21-5-7-22-8-6-21/h1-4,10H,5-8H2,(H,18,19,20). The minimum Gasteiger partial charge on any atom is -0.378 e. The van der Waals surface area contributed by atoms with Crippen molar-refractivity contribution in [2.75, 3.05) is 36.5 Å². The molecule has 1 aromatic carbocycles. The molecule has 6 nitrogen and oxygen atoms in total. The molecule has 0 atom stereocenters. The lowest BCUT2D eigenvalue weighted by Gasteiger charge is -2.28. The smallest absolute Gasteiger partial charge is 0.228 e. The van der Waals surface area contributed by atoms with Gasteiger partial charge >= 0.3 is 0 Å². The quantitative estimate of drug-likeness (QED) is 0.878. The molecule has 1 aliphatic rings. The van der Waals surface area contributed by atoms with E-state index in [1.807, 2.05) is 30.3 Å². The van der Waals surface area contributed by atoms with Crippen molar-refractivity contribution in [3.63, 3.8) is 0 Å². The minimum absolute atomic E-state index is 0.143. The zero-order valence-electron chi connectivity index (χ0n) is 11.8. The maximum absolute atomic E-state index is 8.81. The second-order valence-electron chi connectivity index (χ2n) is 4.78. The molecule has 0 aliphatic carbocycles. The number of rotatable bonds is 3. The molecule has 22 heavy (non-hydrogen) atoms. The van der Waals surface area contributed by atoms with Crippen molar-refractivity contribution in [3.05, 3.63) is 41.2 Å². The van der Waals surface area contributed by atoms with Gasteiger partial charge in [0.05, 0.1) is 19.4 Å². The Morgan fingerprint density at radius 1 is 1.23 bits per heavy atom. The maximum Gasteiger partial charge on any atom is 0.228 e. The van der Waals surface area contributed by atoms with E-state index in [1.54, 1.807) is 0 Å². The first-order valence-corrected chi connectivity index (χ1v) is 7.26. The number of anilines is 3. The highest BCUT2D eigenvalue weighted by molar-refractivity contribution is 6.30. The van der Waals surface area contributed by atoms with E-state index >= 15 is 0 Å². The average Bonchev–Trinajstić information content (AvgIpc) is 2.57. The van der Waals surface area contributed by atoms with E-state index in [4.69, 9.17) is 21.6 Å². The van der Waals surface area contributed by atoms with E-state index in [0.29, 0.717) is 5.95 Å². The molecule has 1 aliphatic heterocycles. The number of aromatic nitrogens is 2. The summed E-state index contributed by atoms with van der Waals surface area (Å²) < 4.78 is 5.35. The highest BCUT2D eigenvalue weighted by Gasteiger charge is 2.11. The van der Waals surface area contributed by atoms with Crippen LogP contribution < -0.4 is 10.2 Å². The van der Waals surface area contributed by atoms with Crippen LogP contribution in [0.4, 0.5) is 17.3 Å². The van der Waals surface area contributed by atoms with E-state index < -0.39 is 0 Å². The SMILES string of the molecule is N#Cc1cnc(Nc2ccc(N3CCOCC3)cc2)nc1Cl. The number of nitriles is 1. The fourth-order valence-electron chi connectivity index (χ4n) is 2.20. The van der Waals surface area contributed by atoms with Gasteiger partial charge in [0.25, 0.3) is 0 Å². The number of hydrogen-bond donors (Lipinski definition) is 1. The first-order valence-electron chi connectivity index (χ1n) is 6.89.